The van der Waals surface area contributed by atoms with E-state index in [4.69, 9.17) is 11.6 Å². The van der Waals surface area contributed by atoms with E-state index in [0.29, 0.717) is 10.7 Å². The quantitative estimate of drug-likeness (QED) is 0.901. The number of benzene rings is 1. The highest BCUT2D eigenvalue weighted by Gasteiger charge is 2.18. The normalized spacial score (nSPS) is 12.2. The molecule has 20 heavy (non-hydrogen) atoms. The van der Waals surface area contributed by atoms with Crippen molar-refractivity contribution < 1.29 is 9.90 Å². The molecule has 0 bridgehead atoms. The van der Waals surface area contributed by atoms with Crippen LogP contribution < -0.4 is 4.90 Å². The highest BCUT2D eigenvalue weighted by molar-refractivity contribution is 7.09. The average Bonchev–Trinajstić information content (AvgIpc) is 2.90. The molecule has 0 spiro atoms. The molecule has 2 rings (SSSR count). The molecule has 1 aromatic heterocycles. The second-order valence-corrected chi connectivity index (χ2v) is 6.18. The van der Waals surface area contributed by atoms with Crippen molar-refractivity contribution in [2.24, 2.45) is 0 Å². The van der Waals surface area contributed by atoms with E-state index in [1.807, 2.05) is 23.4 Å². The summed E-state index contributed by atoms with van der Waals surface area (Å²) in [5, 5.41) is 11.8. The van der Waals surface area contributed by atoms with Crippen LogP contribution in [-0.4, -0.2) is 24.2 Å². The SMILES string of the molecule is CC(Cc1cccs1)N(C)c1ccc(Cl)cc1C(=O)O. The number of nitrogens with zero attached hydrogens (tertiary/aromatic N) is 1. The summed E-state index contributed by atoms with van der Waals surface area (Å²) in [5.41, 5.74) is 0.920. The van der Waals surface area contributed by atoms with Gasteiger partial charge in [0.15, 0.2) is 0 Å². The molecule has 0 aliphatic heterocycles. The first-order valence-corrected chi connectivity index (χ1v) is 7.53. The molecule has 0 radical (unpaired) electrons. The van der Waals surface area contributed by atoms with Crippen LogP contribution >= 0.6 is 22.9 Å². The number of hydrogen-bond acceptors (Lipinski definition) is 3. The van der Waals surface area contributed by atoms with Gasteiger partial charge in [0.1, 0.15) is 0 Å². The molecule has 0 aliphatic carbocycles. The summed E-state index contributed by atoms with van der Waals surface area (Å²) < 4.78 is 0. The first kappa shape index (κ1) is 14.9. The fourth-order valence-corrected chi connectivity index (χ4v) is 3.08. The second-order valence-electron chi connectivity index (χ2n) is 4.71. The van der Waals surface area contributed by atoms with Crippen molar-refractivity contribution in [3.63, 3.8) is 0 Å². The van der Waals surface area contributed by atoms with Crippen molar-refractivity contribution in [2.75, 3.05) is 11.9 Å². The van der Waals surface area contributed by atoms with E-state index in [2.05, 4.69) is 13.0 Å². The zero-order valence-corrected chi connectivity index (χ0v) is 12.9. The van der Waals surface area contributed by atoms with Gasteiger partial charge in [0.2, 0.25) is 0 Å². The Hall–Kier alpha value is -1.52. The molecule has 0 fully saturated rings. The van der Waals surface area contributed by atoms with E-state index in [1.54, 1.807) is 23.5 Å². The zero-order valence-electron chi connectivity index (χ0n) is 11.3. The second kappa shape index (κ2) is 6.29. The van der Waals surface area contributed by atoms with E-state index in [0.717, 1.165) is 6.42 Å². The Bertz CT molecular complexity index is 598. The summed E-state index contributed by atoms with van der Waals surface area (Å²) in [6, 6.07) is 9.29. The van der Waals surface area contributed by atoms with Crippen molar-refractivity contribution in [3.8, 4) is 0 Å². The predicted molar refractivity (Wildman–Crippen MR) is 84.3 cm³/mol. The lowest BCUT2D eigenvalue weighted by molar-refractivity contribution is 0.0697. The van der Waals surface area contributed by atoms with Crippen molar-refractivity contribution in [1.82, 2.24) is 0 Å². The third kappa shape index (κ3) is 3.32. The molecule has 1 N–H and O–H groups in total. The van der Waals surface area contributed by atoms with E-state index in [-0.39, 0.29) is 11.6 Å². The maximum absolute atomic E-state index is 11.3. The summed E-state index contributed by atoms with van der Waals surface area (Å²) in [5.74, 6) is -0.960. The van der Waals surface area contributed by atoms with Gasteiger partial charge in [-0.2, -0.15) is 0 Å². The van der Waals surface area contributed by atoms with Crippen LogP contribution in [0.15, 0.2) is 35.7 Å². The van der Waals surface area contributed by atoms with Gasteiger partial charge >= 0.3 is 5.97 Å². The lowest BCUT2D eigenvalue weighted by Gasteiger charge is -2.28. The van der Waals surface area contributed by atoms with Gasteiger partial charge in [-0.05, 0) is 36.6 Å². The number of carbonyl (C=O) groups is 1. The highest BCUT2D eigenvalue weighted by atomic mass is 35.5. The third-order valence-electron chi connectivity index (χ3n) is 3.31. The van der Waals surface area contributed by atoms with Crippen LogP contribution in [-0.2, 0) is 6.42 Å². The van der Waals surface area contributed by atoms with Gasteiger partial charge in [-0.3, -0.25) is 0 Å². The Balaban J connectivity index is 2.24. The van der Waals surface area contributed by atoms with Crippen molar-refractivity contribution >= 4 is 34.6 Å². The number of anilines is 1. The van der Waals surface area contributed by atoms with E-state index in [1.165, 1.54) is 10.9 Å². The van der Waals surface area contributed by atoms with Crippen LogP contribution in [0, 0.1) is 0 Å². The molecule has 5 heteroatoms. The molecular weight excluding hydrogens is 294 g/mol. The zero-order chi connectivity index (χ0) is 14.7. The summed E-state index contributed by atoms with van der Waals surface area (Å²) >= 11 is 7.59. The minimum atomic E-state index is -0.960. The number of thiophene rings is 1. The molecule has 0 amide bonds. The summed E-state index contributed by atoms with van der Waals surface area (Å²) in [6.07, 6.45) is 0.885. The van der Waals surface area contributed by atoms with Gasteiger partial charge in [-0.25, -0.2) is 4.79 Å². The number of hydrogen-bond donors (Lipinski definition) is 1. The van der Waals surface area contributed by atoms with Gasteiger partial charge in [-0.1, -0.05) is 17.7 Å². The smallest absolute Gasteiger partial charge is 0.337 e. The van der Waals surface area contributed by atoms with Crippen LogP contribution in [0.3, 0.4) is 0 Å². The van der Waals surface area contributed by atoms with Gasteiger partial charge in [0, 0.05) is 29.4 Å². The van der Waals surface area contributed by atoms with Crippen LogP contribution in [0.5, 0.6) is 0 Å². The van der Waals surface area contributed by atoms with E-state index < -0.39 is 5.97 Å². The average molecular weight is 310 g/mol. The lowest BCUT2D eigenvalue weighted by Crippen LogP contribution is -2.31. The maximum Gasteiger partial charge on any atom is 0.337 e. The Labute approximate surface area is 127 Å². The fraction of sp³-hybridized carbons (Fsp3) is 0.267. The number of likely N-dealkylation sites (N-methyl/N-ethyl adjacent to an activating group) is 1. The molecule has 1 heterocycles. The number of carboxylic acid groups (broad SMARTS) is 1. The van der Waals surface area contributed by atoms with Gasteiger partial charge in [0.05, 0.1) is 11.3 Å². The van der Waals surface area contributed by atoms with Crippen molar-refractivity contribution in [2.45, 2.75) is 19.4 Å². The topological polar surface area (TPSA) is 40.5 Å². The summed E-state index contributed by atoms with van der Waals surface area (Å²) in [4.78, 5) is 14.6. The van der Waals surface area contributed by atoms with Crippen molar-refractivity contribution in [3.05, 3.63) is 51.2 Å². The first-order chi connectivity index (χ1) is 9.49. The minimum absolute atomic E-state index is 0.202. The standard InChI is InChI=1S/C15H16ClNO2S/c1-10(8-12-4-3-7-20-12)17(2)14-6-5-11(16)9-13(14)15(18)19/h3-7,9-10H,8H2,1-2H3,(H,18,19). The minimum Gasteiger partial charge on any atom is -0.478 e. The monoisotopic (exact) mass is 309 g/mol. The molecule has 1 unspecified atom stereocenters. The van der Waals surface area contributed by atoms with Gasteiger partial charge in [0.25, 0.3) is 0 Å². The summed E-state index contributed by atoms with van der Waals surface area (Å²) in [6.45, 7) is 2.08. The maximum atomic E-state index is 11.3. The van der Waals surface area contributed by atoms with Gasteiger partial charge < -0.3 is 10.0 Å². The van der Waals surface area contributed by atoms with Crippen molar-refractivity contribution in [1.29, 1.82) is 0 Å². The molecule has 1 atom stereocenters. The van der Waals surface area contributed by atoms with Crippen LogP contribution in [0.1, 0.15) is 22.2 Å². The molecule has 1 aromatic carbocycles. The number of aromatic carboxylic acids is 1. The fourth-order valence-electron chi connectivity index (χ4n) is 2.08. The number of halogens is 1. The largest absolute Gasteiger partial charge is 0.478 e. The molecule has 106 valence electrons. The van der Waals surface area contributed by atoms with E-state index >= 15 is 0 Å². The number of rotatable bonds is 5. The van der Waals surface area contributed by atoms with Crippen LogP contribution in [0.2, 0.25) is 5.02 Å². The van der Waals surface area contributed by atoms with E-state index in [9.17, 15) is 9.90 Å². The molecule has 0 saturated heterocycles. The molecule has 2 aromatic rings. The molecular formula is C15H16ClNO2S. The molecule has 0 aliphatic rings. The van der Waals surface area contributed by atoms with Crippen LogP contribution in [0.25, 0.3) is 0 Å². The Kier molecular flexibility index (Phi) is 4.68. The summed E-state index contributed by atoms with van der Waals surface area (Å²) in [7, 11) is 1.91. The third-order valence-corrected chi connectivity index (χ3v) is 4.44. The Morgan fingerprint density at radius 2 is 2.20 bits per heavy atom. The Morgan fingerprint density at radius 1 is 1.45 bits per heavy atom. The first-order valence-electron chi connectivity index (χ1n) is 6.27. The number of carboxylic acids is 1. The van der Waals surface area contributed by atoms with Crippen LogP contribution in [0.4, 0.5) is 5.69 Å². The predicted octanol–water partition coefficient (Wildman–Crippen LogP) is 4.17. The molecule has 3 nitrogen and oxygen atoms in total. The van der Waals surface area contributed by atoms with Gasteiger partial charge in [-0.15, -0.1) is 11.3 Å². The highest BCUT2D eigenvalue weighted by Crippen LogP contribution is 2.26. The molecule has 0 saturated carbocycles. The Morgan fingerprint density at radius 3 is 2.80 bits per heavy atom. The lowest BCUT2D eigenvalue weighted by atomic mass is 10.1.